The number of nitrogens with zero attached hydrogens (tertiary/aromatic N) is 3. The van der Waals surface area contributed by atoms with Crippen molar-refractivity contribution in [1.82, 2.24) is 0 Å². The predicted octanol–water partition coefficient (Wildman–Crippen LogP) is 10.4. The molecule has 0 amide bonds. The molecule has 8 aliphatic rings. The first-order valence-corrected chi connectivity index (χ1v) is 17.9. The zero-order valence-corrected chi connectivity index (χ0v) is 27.2. The van der Waals surface area contributed by atoms with Crippen LogP contribution in [0.5, 0.6) is 0 Å². The second kappa shape index (κ2) is 11.4. The molecule has 3 heteroatoms. The lowest BCUT2D eigenvalue weighted by atomic mass is 9.63. The van der Waals surface area contributed by atoms with Gasteiger partial charge in [-0.3, -0.25) is 15.0 Å². The molecule has 0 bridgehead atoms. The largest absolute Gasteiger partial charge is 0.283 e. The van der Waals surface area contributed by atoms with Crippen molar-refractivity contribution in [3.63, 3.8) is 0 Å². The summed E-state index contributed by atoms with van der Waals surface area (Å²) in [5, 5.41) is 2.55. The van der Waals surface area contributed by atoms with Crippen LogP contribution in [0.1, 0.15) is 56.1 Å². The summed E-state index contributed by atoms with van der Waals surface area (Å²) in [7, 11) is 0. The van der Waals surface area contributed by atoms with Gasteiger partial charge in [-0.15, -0.1) is 0 Å². The third-order valence-corrected chi connectivity index (χ3v) is 11.7. The number of aliphatic imine (C=N–C) groups is 3. The molecule has 5 atom stereocenters. The summed E-state index contributed by atoms with van der Waals surface area (Å²) >= 11 is 0. The standard InChI is InChI=1S/C45H39N3/c1-2-12-36-28(8-1)20-21-39-42(36)38-13-3-4-15-41(38)48-43(39)34-10-5-9-29(26-34)30-16-17-32-25-33(19-18-31(32)24-30)40-27-35-11-6-22-46-44(35)45-37(40)14-7-23-47-45/h2-4,6,9,11-12,15-27,35,38-39,42,44H,1,5,7-8,10,13-14H2. The molecule has 2 aromatic rings. The molecule has 3 aliphatic heterocycles. The van der Waals surface area contributed by atoms with E-state index in [1.54, 1.807) is 11.1 Å². The van der Waals surface area contributed by atoms with Crippen LogP contribution in [0.4, 0.5) is 0 Å². The molecule has 10 rings (SSSR count). The molecule has 5 unspecified atom stereocenters. The van der Waals surface area contributed by atoms with Crippen LogP contribution in [-0.2, 0) is 0 Å². The molecule has 0 aromatic heterocycles. The molecule has 234 valence electrons. The number of rotatable bonds is 3. The van der Waals surface area contributed by atoms with Crippen LogP contribution < -0.4 is 0 Å². The number of hydrogen-bond acceptors (Lipinski definition) is 3. The van der Waals surface area contributed by atoms with Crippen molar-refractivity contribution in [3.05, 3.63) is 154 Å². The van der Waals surface area contributed by atoms with E-state index in [0.29, 0.717) is 17.8 Å². The summed E-state index contributed by atoms with van der Waals surface area (Å²) in [6.07, 6.45) is 39.7. The lowest BCUT2D eigenvalue weighted by Gasteiger charge is -2.43. The minimum atomic E-state index is 0.117. The lowest BCUT2D eigenvalue weighted by molar-refractivity contribution is 0.375. The molecule has 48 heavy (non-hydrogen) atoms. The minimum absolute atomic E-state index is 0.117. The van der Waals surface area contributed by atoms with Gasteiger partial charge in [0.25, 0.3) is 0 Å². The number of hydrogen-bond donors (Lipinski definition) is 0. The molecule has 2 aromatic carbocycles. The first-order chi connectivity index (χ1) is 23.8. The molecule has 0 N–H and O–H groups in total. The van der Waals surface area contributed by atoms with Crippen LogP contribution in [-0.4, -0.2) is 24.2 Å². The average molecular weight is 622 g/mol. The van der Waals surface area contributed by atoms with Crippen LogP contribution >= 0.6 is 0 Å². The van der Waals surface area contributed by atoms with Crippen molar-refractivity contribution < 1.29 is 0 Å². The summed E-state index contributed by atoms with van der Waals surface area (Å²) in [5.41, 5.74) is 14.8. The number of allylic oxidation sites excluding steroid dienone is 17. The predicted molar refractivity (Wildman–Crippen MR) is 201 cm³/mol. The van der Waals surface area contributed by atoms with Gasteiger partial charge in [-0.2, -0.15) is 0 Å². The molecule has 3 nitrogen and oxygen atoms in total. The first-order valence-electron chi connectivity index (χ1n) is 17.9. The van der Waals surface area contributed by atoms with Crippen LogP contribution in [0.25, 0.3) is 21.9 Å². The summed E-state index contributed by atoms with van der Waals surface area (Å²) in [5.74, 6) is 1.55. The second-order valence-corrected chi connectivity index (χ2v) is 14.3. The highest BCUT2D eigenvalue weighted by atomic mass is 14.9. The molecular formula is C45H39N3. The molecule has 0 saturated heterocycles. The molecule has 0 saturated carbocycles. The van der Waals surface area contributed by atoms with E-state index in [-0.39, 0.29) is 12.0 Å². The number of benzene rings is 2. The Labute approximate surface area is 283 Å². The smallest absolute Gasteiger partial charge is 0.102 e. The Balaban J connectivity index is 0.980. The lowest BCUT2D eigenvalue weighted by Crippen LogP contribution is -2.38. The van der Waals surface area contributed by atoms with Crippen molar-refractivity contribution in [3.8, 4) is 0 Å². The fourth-order valence-corrected chi connectivity index (χ4v) is 9.34. The minimum Gasteiger partial charge on any atom is -0.283 e. The van der Waals surface area contributed by atoms with Crippen molar-refractivity contribution in [2.24, 2.45) is 38.6 Å². The van der Waals surface area contributed by atoms with Gasteiger partial charge in [0.05, 0.1) is 11.4 Å². The van der Waals surface area contributed by atoms with E-state index < -0.39 is 0 Å². The number of dihydropyridines is 1. The third-order valence-electron chi connectivity index (χ3n) is 11.7. The molecule has 0 radical (unpaired) electrons. The topological polar surface area (TPSA) is 37.1 Å². The highest BCUT2D eigenvalue weighted by molar-refractivity contribution is 6.07. The quantitative estimate of drug-likeness (QED) is 0.327. The molecule has 0 spiro atoms. The van der Waals surface area contributed by atoms with Gasteiger partial charge in [-0.25, -0.2) is 0 Å². The van der Waals surface area contributed by atoms with Crippen molar-refractivity contribution in [1.29, 1.82) is 0 Å². The summed E-state index contributed by atoms with van der Waals surface area (Å²) in [6, 6.07) is 14.1. The molecule has 5 aliphatic carbocycles. The maximum Gasteiger partial charge on any atom is 0.102 e. The van der Waals surface area contributed by atoms with E-state index >= 15 is 0 Å². The Hall–Kier alpha value is -4.89. The third kappa shape index (κ3) is 4.58. The summed E-state index contributed by atoms with van der Waals surface area (Å²) in [6.45, 7) is 0. The molecular weight excluding hydrogens is 583 g/mol. The van der Waals surface area contributed by atoms with Gasteiger partial charge >= 0.3 is 0 Å². The Bertz CT molecular complexity index is 2180. The Morgan fingerprint density at radius 2 is 1.73 bits per heavy atom. The van der Waals surface area contributed by atoms with Crippen molar-refractivity contribution in [2.75, 3.05) is 0 Å². The van der Waals surface area contributed by atoms with Crippen LogP contribution in [0.2, 0.25) is 0 Å². The number of fused-ring (bicyclic) bond motifs is 7. The van der Waals surface area contributed by atoms with E-state index in [1.165, 1.54) is 55.6 Å². The van der Waals surface area contributed by atoms with Gasteiger partial charge in [0.15, 0.2) is 0 Å². The maximum absolute atomic E-state index is 5.44. The SMILES string of the molecule is C1=CCC2C(=C1)N=C(C1=CC(c3ccc4cc(C5=CC6C=CC=NC6C6=C5CCC=N6)ccc4c3)=CCC1)C1C=CC3=C(C=CCC3)C12. The van der Waals surface area contributed by atoms with Crippen molar-refractivity contribution in [2.45, 2.75) is 51.0 Å². The summed E-state index contributed by atoms with van der Waals surface area (Å²) in [4.78, 5) is 15.1. The van der Waals surface area contributed by atoms with Crippen LogP contribution in [0.3, 0.4) is 0 Å². The van der Waals surface area contributed by atoms with Gasteiger partial charge in [0.2, 0.25) is 0 Å². The van der Waals surface area contributed by atoms with Gasteiger partial charge in [0, 0.05) is 41.8 Å². The highest BCUT2D eigenvalue weighted by Crippen LogP contribution is 2.50. The fourth-order valence-electron chi connectivity index (χ4n) is 9.34. The zero-order valence-electron chi connectivity index (χ0n) is 27.2. The van der Waals surface area contributed by atoms with Crippen LogP contribution in [0, 0.1) is 23.7 Å². The fraction of sp³-hybridized carbons (Fsp3) is 0.267. The van der Waals surface area contributed by atoms with Gasteiger partial charge in [-0.1, -0.05) is 78.9 Å². The van der Waals surface area contributed by atoms with Gasteiger partial charge in [0.1, 0.15) is 6.04 Å². The highest BCUT2D eigenvalue weighted by Gasteiger charge is 2.42. The molecule has 3 heterocycles. The summed E-state index contributed by atoms with van der Waals surface area (Å²) < 4.78 is 0. The normalized spacial score (nSPS) is 29.7. The average Bonchev–Trinajstić information content (AvgIpc) is 3.16. The van der Waals surface area contributed by atoms with Crippen molar-refractivity contribution >= 4 is 40.1 Å². The van der Waals surface area contributed by atoms with E-state index in [0.717, 1.165) is 50.6 Å². The van der Waals surface area contributed by atoms with E-state index in [2.05, 4.69) is 116 Å². The Morgan fingerprint density at radius 1 is 0.812 bits per heavy atom. The maximum atomic E-state index is 5.44. The monoisotopic (exact) mass is 621 g/mol. The second-order valence-electron chi connectivity index (χ2n) is 14.3. The van der Waals surface area contributed by atoms with Crippen LogP contribution in [0.15, 0.2) is 158 Å². The van der Waals surface area contributed by atoms with Gasteiger partial charge < -0.3 is 0 Å². The first kappa shape index (κ1) is 28.2. The molecule has 0 fully saturated rings. The van der Waals surface area contributed by atoms with Gasteiger partial charge in [-0.05, 0) is 131 Å². The van der Waals surface area contributed by atoms with E-state index in [9.17, 15) is 0 Å². The Kier molecular flexibility index (Phi) is 6.67. The van der Waals surface area contributed by atoms with E-state index in [4.69, 9.17) is 15.0 Å². The van der Waals surface area contributed by atoms with E-state index in [1.807, 2.05) is 6.21 Å². The Morgan fingerprint density at radius 3 is 2.69 bits per heavy atom. The zero-order chi connectivity index (χ0) is 31.6.